The third-order valence-corrected chi connectivity index (χ3v) is 3.32. The summed E-state index contributed by atoms with van der Waals surface area (Å²) in [5.74, 6) is 0.831. The van der Waals surface area contributed by atoms with Gasteiger partial charge in [0.1, 0.15) is 5.75 Å². The number of rotatable bonds is 2. The molecule has 0 amide bonds. The van der Waals surface area contributed by atoms with Crippen molar-refractivity contribution in [1.29, 1.82) is 0 Å². The van der Waals surface area contributed by atoms with E-state index in [0.717, 1.165) is 5.69 Å². The zero-order valence-corrected chi connectivity index (χ0v) is 9.11. The molecule has 1 heterocycles. The molecule has 1 saturated carbocycles. The van der Waals surface area contributed by atoms with E-state index in [-0.39, 0.29) is 5.75 Å². The summed E-state index contributed by atoms with van der Waals surface area (Å²) in [6.07, 6.45) is 6.39. The van der Waals surface area contributed by atoms with Gasteiger partial charge in [0.05, 0.1) is 6.20 Å². The Balaban J connectivity index is 1.98. The maximum absolute atomic E-state index is 9.16. The van der Waals surface area contributed by atoms with Crippen LogP contribution in [-0.2, 0) is 0 Å². The minimum absolute atomic E-state index is 0.252. The molecule has 0 spiro atoms. The lowest BCUT2D eigenvalue weighted by Crippen LogP contribution is -2.29. The van der Waals surface area contributed by atoms with Crippen LogP contribution in [0.25, 0.3) is 0 Å². The van der Waals surface area contributed by atoms with E-state index in [1.807, 2.05) is 13.1 Å². The highest BCUT2D eigenvalue weighted by molar-refractivity contribution is 5.20. The van der Waals surface area contributed by atoms with Gasteiger partial charge in [-0.3, -0.25) is 4.98 Å². The first-order valence-electron chi connectivity index (χ1n) is 5.62. The van der Waals surface area contributed by atoms with E-state index in [2.05, 4.69) is 10.3 Å². The fourth-order valence-electron chi connectivity index (χ4n) is 2.32. The summed E-state index contributed by atoms with van der Waals surface area (Å²) in [7, 11) is 2.03. The molecule has 3 heteroatoms. The lowest BCUT2D eigenvalue weighted by molar-refractivity contribution is 0.354. The van der Waals surface area contributed by atoms with Gasteiger partial charge in [0.15, 0.2) is 0 Å². The van der Waals surface area contributed by atoms with Gasteiger partial charge in [-0.25, -0.2) is 0 Å². The topological polar surface area (TPSA) is 45.1 Å². The molecular formula is C12H18N2O. The predicted molar refractivity (Wildman–Crippen MR) is 60.0 cm³/mol. The smallest absolute Gasteiger partial charge is 0.133 e. The van der Waals surface area contributed by atoms with Crippen molar-refractivity contribution >= 4 is 0 Å². The van der Waals surface area contributed by atoms with Gasteiger partial charge >= 0.3 is 0 Å². The van der Waals surface area contributed by atoms with Crippen LogP contribution in [0.5, 0.6) is 5.75 Å². The first-order chi connectivity index (χ1) is 7.29. The number of hydrogen-bond acceptors (Lipinski definition) is 3. The van der Waals surface area contributed by atoms with Gasteiger partial charge in [-0.1, -0.05) is 0 Å². The van der Waals surface area contributed by atoms with Crippen molar-refractivity contribution in [3.05, 3.63) is 24.0 Å². The first kappa shape index (κ1) is 10.4. The van der Waals surface area contributed by atoms with Crippen molar-refractivity contribution in [1.82, 2.24) is 10.3 Å². The zero-order chi connectivity index (χ0) is 10.7. The second kappa shape index (κ2) is 4.62. The molecule has 0 atom stereocenters. The molecule has 0 unspecified atom stereocenters. The van der Waals surface area contributed by atoms with Crippen molar-refractivity contribution in [3.63, 3.8) is 0 Å². The van der Waals surface area contributed by atoms with Crippen LogP contribution < -0.4 is 5.32 Å². The quantitative estimate of drug-likeness (QED) is 0.778. The standard InChI is InChI=1S/C12H18N2O/c1-13-10-4-2-9(3-5-10)12-7-6-11(15)8-14-12/h6-10,13,15H,2-5H2,1H3. The molecule has 1 aromatic heterocycles. The van der Waals surface area contributed by atoms with E-state index in [0.29, 0.717) is 12.0 Å². The summed E-state index contributed by atoms with van der Waals surface area (Å²) in [5, 5.41) is 12.5. The van der Waals surface area contributed by atoms with Crippen LogP contribution in [0.3, 0.4) is 0 Å². The first-order valence-corrected chi connectivity index (χ1v) is 5.62. The average molecular weight is 206 g/mol. The van der Waals surface area contributed by atoms with E-state index in [9.17, 15) is 0 Å². The summed E-state index contributed by atoms with van der Waals surface area (Å²) in [5.41, 5.74) is 1.13. The van der Waals surface area contributed by atoms with Gasteiger partial charge in [-0.2, -0.15) is 0 Å². The van der Waals surface area contributed by atoms with Crippen molar-refractivity contribution in [2.24, 2.45) is 0 Å². The minimum Gasteiger partial charge on any atom is -0.506 e. The Morgan fingerprint density at radius 3 is 2.53 bits per heavy atom. The molecule has 2 rings (SSSR count). The van der Waals surface area contributed by atoms with Crippen LogP contribution in [-0.4, -0.2) is 23.2 Å². The third kappa shape index (κ3) is 2.48. The number of aromatic nitrogens is 1. The number of nitrogens with one attached hydrogen (secondary N) is 1. The Kier molecular flexibility index (Phi) is 3.21. The highest BCUT2D eigenvalue weighted by Crippen LogP contribution is 2.31. The van der Waals surface area contributed by atoms with E-state index >= 15 is 0 Å². The van der Waals surface area contributed by atoms with Crippen LogP contribution in [0.1, 0.15) is 37.3 Å². The predicted octanol–water partition coefficient (Wildman–Crippen LogP) is 2.03. The van der Waals surface area contributed by atoms with Crippen LogP contribution in [0.4, 0.5) is 0 Å². The lowest BCUT2D eigenvalue weighted by atomic mass is 9.84. The molecule has 0 saturated heterocycles. The SMILES string of the molecule is CNC1CCC(c2ccc(O)cn2)CC1. The van der Waals surface area contributed by atoms with Gasteiger partial charge in [0, 0.05) is 17.7 Å². The number of hydrogen-bond donors (Lipinski definition) is 2. The van der Waals surface area contributed by atoms with E-state index in [1.54, 1.807) is 12.3 Å². The summed E-state index contributed by atoms with van der Waals surface area (Å²) in [6.45, 7) is 0. The van der Waals surface area contributed by atoms with Gasteiger partial charge < -0.3 is 10.4 Å². The molecule has 82 valence electrons. The molecule has 1 aliphatic carbocycles. The fourth-order valence-corrected chi connectivity index (χ4v) is 2.32. The van der Waals surface area contributed by atoms with Gasteiger partial charge in [-0.15, -0.1) is 0 Å². The summed E-state index contributed by atoms with van der Waals surface area (Å²) >= 11 is 0. The second-order valence-electron chi connectivity index (χ2n) is 4.28. The zero-order valence-electron chi connectivity index (χ0n) is 9.11. The maximum Gasteiger partial charge on any atom is 0.133 e. The molecule has 15 heavy (non-hydrogen) atoms. The second-order valence-corrected chi connectivity index (χ2v) is 4.28. The molecule has 0 bridgehead atoms. The molecule has 3 nitrogen and oxygen atoms in total. The van der Waals surface area contributed by atoms with E-state index in [1.165, 1.54) is 25.7 Å². The number of nitrogens with zero attached hydrogens (tertiary/aromatic N) is 1. The minimum atomic E-state index is 0.252. The summed E-state index contributed by atoms with van der Waals surface area (Å²) in [4.78, 5) is 4.28. The number of aromatic hydroxyl groups is 1. The monoisotopic (exact) mass is 206 g/mol. The molecule has 2 N–H and O–H groups in total. The molecule has 0 radical (unpaired) electrons. The normalized spacial score (nSPS) is 26.5. The van der Waals surface area contributed by atoms with E-state index < -0.39 is 0 Å². The molecule has 1 aliphatic rings. The molecule has 1 fully saturated rings. The molecule has 1 aromatic rings. The Labute approximate surface area is 90.5 Å². The average Bonchev–Trinajstić information content (AvgIpc) is 2.30. The van der Waals surface area contributed by atoms with Gasteiger partial charge in [0.25, 0.3) is 0 Å². The Bertz CT molecular complexity index is 302. The molecular weight excluding hydrogens is 188 g/mol. The summed E-state index contributed by atoms with van der Waals surface area (Å²) < 4.78 is 0. The van der Waals surface area contributed by atoms with Gasteiger partial charge in [-0.05, 0) is 44.9 Å². The molecule has 0 aromatic carbocycles. The van der Waals surface area contributed by atoms with Crippen molar-refractivity contribution in [3.8, 4) is 5.75 Å². The van der Waals surface area contributed by atoms with Crippen molar-refractivity contribution in [2.45, 2.75) is 37.6 Å². The van der Waals surface area contributed by atoms with Crippen molar-refractivity contribution in [2.75, 3.05) is 7.05 Å². The van der Waals surface area contributed by atoms with Crippen LogP contribution in [0.2, 0.25) is 0 Å². The Morgan fingerprint density at radius 2 is 2.00 bits per heavy atom. The fraction of sp³-hybridized carbons (Fsp3) is 0.583. The highest BCUT2D eigenvalue weighted by atomic mass is 16.3. The largest absolute Gasteiger partial charge is 0.506 e. The Hall–Kier alpha value is -1.09. The van der Waals surface area contributed by atoms with Crippen LogP contribution in [0, 0.1) is 0 Å². The number of pyridine rings is 1. The van der Waals surface area contributed by atoms with E-state index in [4.69, 9.17) is 5.11 Å². The lowest BCUT2D eigenvalue weighted by Gasteiger charge is -2.27. The van der Waals surface area contributed by atoms with Crippen LogP contribution in [0.15, 0.2) is 18.3 Å². The highest BCUT2D eigenvalue weighted by Gasteiger charge is 2.21. The Morgan fingerprint density at radius 1 is 1.27 bits per heavy atom. The van der Waals surface area contributed by atoms with Crippen molar-refractivity contribution < 1.29 is 5.11 Å². The molecule has 0 aliphatic heterocycles. The van der Waals surface area contributed by atoms with Gasteiger partial charge in [0.2, 0.25) is 0 Å². The van der Waals surface area contributed by atoms with Crippen LogP contribution >= 0.6 is 0 Å². The summed E-state index contributed by atoms with van der Waals surface area (Å²) in [6, 6.07) is 4.35. The third-order valence-electron chi connectivity index (χ3n) is 3.32. The maximum atomic E-state index is 9.16.